The van der Waals surface area contributed by atoms with Crippen molar-refractivity contribution in [2.45, 2.75) is 39.0 Å². The van der Waals surface area contributed by atoms with E-state index in [9.17, 15) is 14.4 Å². The third-order valence-electron chi connectivity index (χ3n) is 6.51. The number of unbranched alkanes of at least 4 members (excludes halogenated alkanes) is 1. The van der Waals surface area contributed by atoms with Gasteiger partial charge < -0.3 is 29.0 Å². The number of carbonyl (C=O) groups is 3. The van der Waals surface area contributed by atoms with Gasteiger partial charge in [-0.3, -0.25) is 19.7 Å². The average Bonchev–Trinajstić information content (AvgIpc) is 3.01. The maximum absolute atomic E-state index is 12.4. The van der Waals surface area contributed by atoms with Crippen molar-refractivity contribution in [3.63, 3.8) is 0 Å². The van der Waals surface area contributed by atoms with Crippen LogP contribution in [0.2, 0.25) is 0 Å². The number of amides is 3. The molecule has 0 aliphatic rings. The monoisotopic (exact) mass is 600 g/mol. The van der Waals surface area contributed by atoms with Gasteiger partial charge in [0.1, 0.15) is 6.61 Å². The Morgan fingerprint density at radius 3 is 1.74 bits per heavy atom. The van der Waals surface area contributed by atoms with Crippen LogP contribution >= 0.6 is 0 Å². The standard InChI is InChI=1S/C33H48N2O8/c1-27(25-34-32(37)26-43-23-22-42-21-20-41-19-18-40-17-16-39-2)33(38)35-31(36)24-30-14-12-29(13-15-30)11-7-6-10-28-8-4-3-5-9-28/h3-5,8-9,12-15,27H,6-7,10-11,16-26H2,1-2H3,(H,34,37)(H,35,36,38). The van der Waals surface area contributed by atoms with E-state index in [1.165, 1.54) is 11.1 Å². The van der Waals surface area contributed by atoms with Gasteiger partial charge in [0.15, 0.2) is 0 Å². The molecule has 3 amide bonds. The molecule has 2 aromatic rings. The van der Waals surface area contributed by atoms with Crippen LogP contribution in [0, 0.1) is 5.92 Å². The molecule has 238 valence electrons. The van der Waals surface area contributed by atoms with Crippen LogP contribution in [0.1, 0.15) is 36.5 Å². The summed E-state index contributed by atoms with van der Waals surface area (Å²) in [5.74, 6) is -1.72. The van der Waals surface area contributed by atoms with Gasteiger partial charge in [0.2, 0.25) is 17.7 Å². The quantitative estimate of drug-likeness (QED) is 0.177. The molecular weight excluding hydrogens is 552 g/mol. The zero-order chi connectivity index (χ0) is 31.0. The summed E-state index contributed by atoms with van der Waals surface area (Å²) < 4.78 is 26.2. The maximum atomic E-state index is 12.4. The van der Waals surface area contributed by atoms with Gasteiger partial charge in [-0.15, -0.1) is 0 Å². The molecule has 0 radical (unpaired) electrons. The molecule has 0 aliphatic heterocycles. The van der Waals surface area contributed by atoms with E-state index in [1.54, 1.807) is 14.0 Å². The van der Waals surface area contributed by atoms with Crippen molar-refractivity contribution in [3.05, 3.63) is 71.3 Å². The number of hydrogen-bond donors (Lipinski definition) is 2. The fraction of sp³-hybridized carbons (Fsp3) is 0.545. The van der Waals surface area contributed by atoms with Crippen molar-refractivity contribution >= 4 is 17.7 Å². The first-order chi connectivity index (χ1) is 21.0. The first kappa shape index (κ1) is 36.0. The van der Waals surface area contributed by atoms with Crippen LogP contribution in [0.4, 0.5) is 0 Å². The summed E-state index contributed by atoms with van der Waals surface area (Å²) in [4.78, 5) is 36.8. The van der Waals surface area contributed by atoms with Gasteiger partial charge in [-0.2, -0.15) is 0 Å². The van der Waals surface area contributed by atoms with E-state index in [0.717, 1.165) is 31.2 Å². The molecular formula is C33H48N2O8. The highest BCUT2D eigenvalue weighted by atomic mass is 16.6. The number of imide groups is 1. The van der Waals surface area contributed by atoms with Crippen molar-refractivity contribution in [1.82, 2.24) is 10.6 Å². The highest BCUT2D eigenvalue weighted by Crippen LogP contribution is 2.11. The van der Waals surface area contributed by atoms with E-state index in [-0.39, 0.29) is 38.0 Å². The van der Waals surface area contributed by atoms with Crippen LogP contribution in [0.3, 0.4) is 0 Å². The van der Waals surface area contributed by atoms with E-state index < -0.39 is 11.8 Å². The molecule has 0 heterocycles. The maximum Gasteiger partial charge on any atom is 0.246 e. The molecule has 43 heavy (non-hydrogen) atoms. The minimum absolute atomic E-state index is 0.100. The van der Waals surface area contributed by atoms with E-state index in [2.05, 4.69) is 34.9 Å². The second-order valence-electron chi connectivity index (χ2n) is 10.2. The first-order valence-corrected chi connectivity index (χ1v) is 15.0. The Balaban J connectivity index is 1.47. The molecule has 0 saturated carbocycles. The Hall–Kier alpha value is -3.15. The van der Waals surface area contributed by atoms with Gasteiger partial charge >= 0.3 is 0 Å². The number of benzene rings is 2. The highest BCUT2D eigenvalue weighted by molar-refractivity contribution is 5.97. The Morgan fingerprint density at radius 2 is 1.16 bits per heavy atom. The lowest BCUT2D eigenvalue weighted by molar-refractivity contribution is -0.132. The fourth-order valence-electron chi connectivity index (χ4n) is 3.99. The molecule has 10 nitrogen and oxygen atoms in total. The van der Waals surface area contributed by atoms with Gasteiger partial charge in [0, 0.05) is 13.7 Å². The predicted molar refractivity (Wildman–Crippen MR) is 164 cm³/mol. The molecule has 2 aromatic carbocycles. The second-order valence-corrected chi connectivity index (χ2v) is 10.2. The number of aryl methyl sites for hydroxylation is 2. The molecule has 0 spiro atoms. The van der Waals surface area contributed by atoms with E-state index >= 15 is 0 Å². The van der Waals surface area contributed by atoms with E-state index in [0.29, 0.717) is 46.2 Å². The summed E-state index contributed by atoms with van der Waals surface area (Å²) in [6.45, 7) is 5.15. The van der Waals surface area contributed by atoms with Gasteiger partial charge in [0.25, 0.3) is 0 Å². The second kappa shape index (κ2) is 23.3. The van der Waals surface area contributed by atoms with Crippen LogP contribution < -0.4 is 10.6 Å². The zero-order valence-electron chi connectivity index (χ0n) is 25.6. The minimum atomic E-state index is -0.570. The molecule has 0 saturated heterocycles. The Bertz CT molecular complexity index is 1030. The van der Waals surface area contributed by atoms with Crippen LogP contribution in [-0.2, 0) is 57.3 Å². The molecule has 0 aromatic heterocycles. The molecule has 10 heteroatoms. The smallest absolute Gasteiger partial charge is 0.246 e. The van der Waals surface area contributed by atoms with Gasteiger partial charge in [-0.05, 0) is 42.4 Å². The van der Waals surface area contributed by atoms with Crippen LogP contribution in [0.15, 0.2) is 54.6 Å². The SMILES string of the molecule is COCCOCCOCCOCCOCC(=O)NCC(C)C(=O)NC(=O)Cc1ccc(CCCCc2ccccc2)cc1. The van der Waals surface area contributed by atoms with Gasteiger partial charge in [-0.25, -0.2) is 0 Å². The summed E-state index contributed by atoms with van der Waals surface area (Å²) in [7, 11) is 1.62. The number of rotatable bonds is 24. The normalized spacial score (nSPS) is 11.7. The average molecular weight is 601 g/mol. The van der Waals surface area contributed by atoms with Crippen molar-refractivity contribution in [3.8, 4) is 0 Å². The van der Waals surface area contributed by atoms with Crippen LogP contribution in [0.25, 0.3) is 0 Å². The summed E-state index contributed by atoms with van der Waals surface area (Å²) in [6, 6.07) is 18.4. The fourth-order valence-corrected chi connectivity index (χ4v) is 3.99. The Morgan fingerprint density at radius 1 is 0.651 bits per heavy atom. The lowest BCUT2D eigenvalue weighted by Gasteiger charge is -2.13. The summed E-state index contributed by atoms with van der Waals surface area (Å²) in [5, 5.41) is 5.07. The molecule has 1 atom stereocenters. The van der Waals surface area contributed by atoms with Crippen molar-refractivity contribution in [2.24, 2.45) is 5.92 Å². The molecule has 0 bridgehead atoms. The molecule has 2 rings (SSSR count). The van der Waals surface area contributed by atoms with Gasteiger partial charge in [-0.1, -0.05) is 61.5 Å². The van der Waals surface area contributed by atoms with Crippen LogP contribution in [-0.4, -0.2) is 90.8 Å². The van der Waals surface area contributed by atoms with E-state index in [4.69, 9.17) is 23.7 Å². The van der Waals surface area contributed by atoms with E-state index in [1.807, 2.05) is 30.3 Å². The highest BCUT2D eigenvalue weighted by Gasteiger charge is 2.17. The lowest BCUT2D eigenvalue weighted by Crippen LogP contribution is -2.41. The lowest BCUT2D eigenvalue weighted by atomic mass is 10.0. The largest absolute Gasteiger partial charge is 0.382 e. The molecule has 0 aliphatic carbocycles. The van der Waals surface area contributed by atoms with Gasteiger partial charge in [0.05, 0.1) is 65.2 Å². The topological polar surface area (TPSA) is 121 Å². The van der Waals surface area contributed by atoms with Crippen LogP contribution in [0.5, 0.6) is 0 Å². The van der Waals surface area contributed by atoms with Crippen molar-refractivity contribution in [1.29, 1.82) is 0 Å². The number of hydrogen-bond acceptors (Lipinski definition) is 8. The third kappa shape index (κ3) is 18.2. The number of ether oxygens (including phenoxy) is 5. The third-order valence-corrected chi connectivity index (χ3v) is 6.51. The molecule has 2 N–H and O–H groups in total. The zero-order valence-corrected chi connectivity index (χ0v) is 25.6. The van der Waals surface area contributed by atoms with Crippen molar-refractivity contribution < 1.29 is 38.1 Å². The summed E-state index contributed by atoms with van der Waals surface area (Å²) in [6.07, 6.45) is 4.40. The predicted octanol–water partition coefficient (Wildman–Crippen LogP) is 2.90. The number of nitrogens with one attached hydrogen (secondary N) is 2. The Kier molecular flexibility index (Phi) is 19.6. The number of carbonyl (C=O) groups excluding carboxylic acids is 3. The summed E-state index contributed by atoms with van der Waals surface area (Å²) in [5.41, 5.74) is 3.43. The van der Waals surface area contributed by atoms with Crippen molar-refractivity contribution in [2.75, 3.05) is 73.1 Å². The molecule has 0 fully saturated rings. The number of methoxy groups -OCH3 is 1. The molecule has 1 unspecified atom stereocenters. The summed E-state index contributed by atoms with van der Waals surface area (Å²) >= 11 is 0. The Labute approximate surface area is 255 Å². The first-order valence-electron chi connectivity index (χ1n) is 15.0. The minimum Gasteiger partial charge on any atom is -0.382 e.